The lowest BCUT2D eigenvalue weighted by atomic mass is 10.0. The fourth-order valence-electron chi connectivity index (χ4n) is 9.81. The van der Waals surface area contributed by atoms with E-state index in [0.29, 0.717) is 17.4 Å². The molecule has 3 atom stereocenters. The number of phosphoric ester groups is 1. The van der Waals surface area contributed by atoms with Gasteiger partial charge < -0.3 is 19.8 Å². The number of carbonyl (C=O) groups is 1. The smallest absolute Gasteiger partial charge is 0.387 e. The van der Waals surface area contributed by atoms with Gasteiger partial charge in [-0.15, -0.1) is 0 Å². The average Bonchev–Trinajstić information content (AvgIpc) is 3.33. The summed E-state index contributed by atoms with van der Waals surface area (Å²) in [5.74, 6) is -0.170. The molecule has 3 unspecified atom stereocenters. The van der Waals surface area contributed by atoms with Gasteiger partial charge in [0.15, 0.2) is 0 Å². The zero-order valence-electron chi connectivity index (χ0n) is 48.5. The molecule has 9 heteroatoms. The molecule has 0 heterocycles. The topological polar surface area (TPSA) is 105 Å². The number of aliphatic hydroxyl groups is 1. The van der Waals surface area contributed by atoms with E-state index in [2.05, 4.69) is 19.2 Å². The second-order valence-corrected chi connectivity index (χ2v) is 24.6. The highest BCUT2D eigenvalue weighted by atomic mass is 31.2. The summed E-state index contributed by atoms with van der Waals surface area (Å²) in [6.07, 6.45) is 67.8. The molecule has 0 saturated heterocycles. The average molecular weight is 1030 g/mol. The molecule has 0 radical (unpaired) electrons. The minimum absolute atomic E-state index is 0.0650. The summed E-state index contributed by atoms with van der Waals surface area (Å²) in [6.45, 7) is 4.86. The molecule has 0 aliphatic rings. The maximum Gasteiger partial charge on any atom is 0.472 e. The first-order valence-corrected chi connectivity index (χ1v) is 33.1. The number of nitrogens with zero attached hydrogens (tertiary/aromatic N) is 1. The van der Waals surface area contributed by atoms with Crippen LogP contribution in [0.25, 0.3) is 0 Å². The Bertz CT molecular complexity index is 1160. The van der Waals surface area contributed by atoms with Crippen molar-refractivity contribution in [3.8, 4) is 0 Å². The number of amides is 1. The molecule has 0 rings (SSSR count). The van der Waals surface area contributed by atoms with Gasteiger partial charge in [-0.05, 0) is 19.3 Å². The molecule has 8 nitrogen and oxygen atoms in total. The zero-order valence-corrected chi connectivity index (χ0v) is 49.4. The minimum Gasteiger partial charge on any atom is -0.387 e. The third kappa shape index (κ3) is 56.8. The number of likely N-dealkylation sites (N-methyl/N-ethyl adjacent to an activating group) is 1. The second-order valence-electron chi connectivity index (χ2n) is 23.2. The van der Waals surface area contributed by atoms with Gasteiger partial charge in [-0.25, -0.2) is 4.57 Å². The van der Waals surface area contributed by atoms with Gasteiger partial charge in [0.05, 0.1) is 39.9 Å². The maximum atomic E-state index is 13.0. The lowest BCUT2D eigenvalue weighted by molar-refractivity contribution is -0.870. The monoisotopic (exact) mass is 1030 g/mol. The summed E-state index contributed by atoms with van der Waals surface area (Å²) in [5.41, 5.74) is 0. The standard InChI is InChI=1S/C62H125N2O6P/c1-6-8-10-12-14-16-18-20-22-23-24-25-26-27-28-29-30-31-32-33-34-35-36-37-38-39-40-41-42-44-46-48-50-52-54-56-62(66)63-60(59-70-71(67,68)69-58-57-64(3,4)5)61(65)55-53-51-49-47-45-43-21-19-17-15-13-11-9-7-2/h53,55,60-61,65H,6-52,54,56-59H2,1-5H3,(H-,63,66,67,68)/p+1/b55-53+. The fourth-order valence-corrected chi connectivity index (χ4v) is 10.5. The van der Waals surface area contributed by atoms with E-state index in [9.17, 15) is 19.4 Å². The molecule has 0 spiro atoms. The number of rotatable bonds is 59. The summed E-state index contributed by atoms with van der Waals surface area (Å²) < 4.78 is 23.7. The number of hydrogen-bond donors (Lipinski definition) is 3. The van der Waals surface area contributed by atoms with Crippen molar-refractivity contribution >= 4 is 13.7 Å². The lowest BCUT2D eigenvalue weighted by Gasteiger charge is -2.25. The van der Waals surface area contributed by atoms with Crippen LogP contribution in [-0.2, 0) is 18.4 Å². The van der Waals surface area contributed by atoms with Crippen molar-refractivity contribution < 1.29 is 32.9 Å². The van der Waals surface area contributed by atoms with E-state index in [0.717, 1.165) is 38.5 Å². The third-order valence-electron chi connectivity index (χ3n) is 14.8. The number of carbonyl (C=O) groups excluding carboxylic acids is 1. The molecule has 0 aromatic carbocycles. The van der Waals surface area contributed by atoms with E-state index < -0.39 is 20.0 Å². The van der Waals surface area contributed by atoms with Crippen LogP contribution in [0.15, 0.2) is 12.2 Å². The van der Waals surface area contributed by atoms with Crippen LogP contribution in [0.5, 0.6) is 0 Å². The second kappa shape index (κ2) is 54.0. The van der Waals surface area contributed by atoms with Crippen LogP contribution in [0, 0.1) is 0 Å². The zero-order chi connectivity index (χ0) is 52.0. The first-order valence-electron chi connectivity index (χ1n) is 31.6. The van der Waals surface area contributed by atoms with Gasteiger partial charge in [-0.2, -0.15) is 0 Å². The molecule has 0 aromatic heterocycles. The van der Waals surface area contributed by atoms with Crippen molar-refractivity contribution in [2.45, 2.75) is 341 Å². The van der Waals surface area contributed by atoms with Gasteiger partial charge in [0.25, 0.3) is 0 Å². The Morgan fingerprint density at radius 3 is 1.04 bits per heavy atom. The van der Waals surface area contributed by atoms with Crippen molar-refractivity contribution in [2.75, 3.05) is 40.9 Å². The van der Waals surface area contributed by atoms with Gasteiger partial charge in [0.2, 0.25) is 5.91 Å². The summed E-state index contributed by atoms with van der Waals surface area (Å²) in [5, 5.41) is 13.9. The van der Waals surface area contributed by atoms with Crippen LogP contribution >= 0.6 is 7.82 Å². The molecular formula is C62H126N2O6P+. The first kappa shape index (κ1) is 70.2. The molecule has 0 saturated carbocycles. The Labute approximate surface area is 443 Å². The van der Waals surface area contributed by atoms with Gasteiger partial charge in [0.1, 0.15) is 13.2 Å². The molecule has 71 heavy (non-hydrogen) atoms. The highest BCUT2D eigenvalue weighted by molar-refractivity contribution is 7.47. The predicted octanol–water partition coefficient (Wildman–Crippen LogP) is 19.4. The number of nitrogens with one attached hydrogen (secondary N) is 1. The van der Waals surface area contributed by atoms with Crippen LogP contribution in [0.3, 0.4) is 0 Å². The molecule has 3 N–H and O–H groups in total. The Kier molecular flexibility index (Phi) is 53.5. The molecule has 0 aromatic rings. The quantitative estimate of drug-likeness (QED) is 0.0243. The van der Waals surface area contributed by atoms with E-state index in [1.54, 1.807) is 6.08 Å². The van der Waals surface area contributed by atoms with E-state index in [1.807, 2.05) is 27.2 Å². The number of hydrogen-bond acceptors (Lipinski definition) is 5. The fraction of sp³-hybridized carbons (Fsp3) is 0.952. The normalized spacial score (nSPS) is 13.8. The summed E-state index contributed by atoms with van der Waals surface area (Å²) in [7, 11) is 1.59. The Hall–Kier alpha value is -0.760. The van der Waals surface area contributed by atoms with E-state index >= 15 is 0 Å². The molecule has 0 bridgehead atoms. The Balaban J connectivity index is 3.91. The van der Waals surface area contributed by atoms with Crippen molar-refractivity contribution in [1.29, 1.82) is 0 Å². The summed E-state index contributed by atoms with van der Waals surface area (Å²) in [4.78, 5) is 23.3. The van der Waals surface area contributed by atoms with Gasteiger partial charge >= 0.3 is 7.82 Å². The summed E-state index contributed by atoms with van der Waals surface area (Å²) >= 11 is 0. The Morgan fingerprint density at radius 2 is 0.746 bits per heavy atom. The number of allylic oxidation sites excluding steroid dienone is 1. The number of quaternary nitrogens is 1. The van der Waals surface area contributed by atoms with Crippen molar-refractivity contribution in [1.82, 2.24) is 5.32 Å². The van der Waals surface area contributed by atoms with Crippen LogP contribution < -0.4 is 5.32 Å². The number of phosphoric acid groups is 1. The van der Waals surface area contributed by atoms with Crippen molar-refractivity contribution in [2.24, 2.45) is 0 Å². The van der Waals surface area contributed by atoms with E-state index in [-0.39, 0.29) is 19.1 Å². The highest BCUT2D eigenvalue weighted by Crippen LogP contribution is 2.43. The van der Waals surface area contributed by atoms with Crippen molar-refractivity contribution in [3.63, 3.8) is 0 Å². The van der Waals surface area contributed by atoms with E-state index in [1.165, 1.54) is 270 Å². The SMILES string of the molecule is CCCCCCCCCCCCCC/C=C/C(O)C(COP(=O)(O)OCC[N+](C)(C)C)NC(=O)CCCCCCCCCCCCCCCCCCCCCCCCCCCCCCCCCCCCC. The minimum atomic E-state index is -4.34. The predicted molar refractivity (Wildman–Crippen MR) is 309 cm³/mol. The Morgan fingerprint density at radius 1 is 0.465 bits per heavy atom. The van der Waals surface area contributed by atoms with Gasteiger partial charge in [-0.3, -0.25) is 13.8 Å². The van der Waals surface area contributed by atoms with Gasteiger partial charge in [-0.1, -0.05) is 315 Å². The molecule has 424 valence electrons. The van der Waals surface area contributed by atoms with Gasteiger partial charge in [0, 0.05) is 6.42 Å². The highest BCUT2D eigenvalue weighted by Gasteiger charge is 2.28. The number of aliphatic hydroxyl groups excluding tert-OH is 1. The summed E-state index contributed by atoms with van der Waals surface area (Å²) in [6, 6.07) is -0.841. The van der Waals surface area contributed by atoms with E-state index in [4.69, 9.17) is 9.05 Å². The van der Waals surface area contributed by atoms with Crippen molar-refractivity contribution in [3.05, 3.63) is 12.2 Å². The van der Waals surface area contributed by atoms with Crippen LogP contribution in [0.1, 0.15) is 328 Å². The van der Waals surface area contributed by atoms with Crippen LogP contribution in [0.2, 0.25) is 0 Å². The maximum absolute atomic E-state index is 13.0. The molecule has 0 aliphatic heterocycles. The molecule has 1 amide bonds. The molecule has 0 aliphatic carbocycles. The van der Waals surface area contributed by atoms with Crippen LogP contribution in [-0.4, -0.2) is 73.4 Å². The lowest BCUT2D eigenvalue weighted by Crippen LogP contribution is -2.45. The molecule has 0 fully saturated rings. The number of unbranched alkanes of at least 4 members (excludes halogenated alkanes) is 46. The molecular weight excluding hydrogens is 900 g/mol. The first-order chi connectivity index (χ1) is 34.5. The third-order valence-corrected chi connectivity index (χ3v) is 15.7. The van der Waals surface area contributed by atoms with Crippen LogP contribution in [0.4, 0.5) is 0 Å². The largest absolute Gasteiger partial charge is 0.472 e.